The maximum Gasteiger partial charge on any atom is 0.0620 e. The first-order valence-corrected chi connectivity index (χ1v) is 15.0. The van der Waals surface area contributed by atoms with Crippen molar-refractivity contribution < 1.29 is 0 Å². The minimum absolute atomic E-state index is 1.12. The Hall–Kier alpha value is -5.86. The molecular formula is C42H30N2. The molecule has 0 aliphatic carbocycles. The van der Waals surface area contributed by atoms with Gasteiger partial charge in [-0.05, 0) is 71.4 Å². The predicted molar refractivity (Wildman–Crippen MR) is 188 cm³/mol. The molecule has 0 spiro atoms. The molecule has 0 bridgehead atoms. The number of para-hydroxylation sites is 4. The van der Waals surface area contributed by atoms with E-state index in [9.17, 15) is 0 Å². The highest BCUT2D eigenvalue weighted by Crippen LogP contribution is 2.51. The van der Waals surface area contributed by atoms with Gasteiger partial charge in [-0.1, -0.05) is 121 Å². The Kier molecular flexibility index (Phi) is 6.51. The molecule has 0 unspecified atom stereocenters. The summed E-state index contributed by atoms with van der Waals surface area (Å²) in [5.41, 5.74) is 6.82. The van der Waals surface area contributed by atoms with Gasteiger partial charge in [0, 0.05) is 44.3 Å². The van der Waals surface area contributed by atoms with Crippen LogP contribution >= 0.6 is 0 Å². The molecule has 0 radical (unpaired) electrons. The average molecular weight is 563 g/mol. The van der Waals surface area contributed by atoms with Gasteiger partial charge in [-0.15, -0.1) is 0 Å². The lowest BCUT2D eigenvalue weighted by Crippen LogP contribution is -2.14. The molecular weight excluding hydrogens is 532 g/mol. The van der Waals surface area contributed by atoms with E-state index < -0.39 is 0 Å². The van der Waals surface area contributed by atoms with Crippen molar-refractivity contribution in [3.63, 3.8) is 0 Å². The van der Waals surface area contributed by atoms with Crippen molar-refractivity contribution in [1.29, 1.82) is 0 Å². The molecule has 0 aromatic heterocycles. The van der Waals surface area contributed by atoms with Gasteiger partial charge in [0.25, 0.3) is 0 Å². The zero-order valence-electron chi connectivity index (χ0n) is 24.2. The Labute approximate surface area is 257 Å². The van der Waals surface area contributed by atoms with Crippen LogP contribution in [0, 0.1) is 0 Å². The molecule has 0 heterocycles. The van der Waals surface area contributed by atoms with Gasteiger partial charge in [-0.2, -0.15) is 0 Å². The predicted octanol–water partition coefficient (Wildman–Crippen LogP) is 12.1. The van der Waals surface area contributed by atoms with Gasteiger partial charge >= 0.3 is 0 Å². The Morgan fingerprint density at radius 3 is 0.841 bits per heavy atom. The first kappa shape index (κ1) is 25.8. The summed E-state index contributed by atoms with van der Waals surface area (Å²) in [6.07, 6.45) is 0. The van der Waals surface area contributed by atoms with E-state index in [0.717, 1.165) is 22.7 Å². The van der Waals surface area contributed by atoms with E-state index in [4.69, 9.17) is 0 Å². The second kappa shape index (κ2) is 11.1. The molecule has 8 rings (SSSR count). The molecule has 0 aliphatic heterocycles. The van der Waals surface area contributed by atoms with E-state index in [0.29, 0.717) is 0 Å². The zero-order chi connectivity index (χ0) is 29.3. The fourth-order valence-electron chi connectivity index (χ4n) is 6.42. The van der Waals surface area contributed by atoms with Crippen molar-refractivity contribution in [2.45, 2.75) is 0 Å². The number of hydrogen-bond donors (Lipinski definition) is 0. The van der Waals surface area contributed by atoms with Crippen LogP contribution in [0.25, 0.3) is 32.3 Å². The summed E-state index contributed by atoms with van der Waals surface area (Å²) >= 11 is 0. The van der Waals surface area contributed by atoms with Crippen LogP contribution in [0.4, 0.5) is 34.1 Å². The van der Waals surface area contributed by atoms with E-state index in [1.54, 1.807) is 0 Å². The van der Waals surface area contributed by atoms with Gasteiger partial charge < -0.3 is 9.80 Å². The van der Waals surface area contributed by atoms with Crippen LogP contribution < -0.4 is 9.80 Å². The number of rotatable bonds is 6. The number of hydrogen-bond acceptors (Lipinski definition) is 2. The summed E-state index contributed by atoms with van der Waals surface area (Å²) < 4.78 is 0. The summed E-state index contributed by atoms with van der Waals surface area (Å²) in [6.45, 7) is 0. The molecule has 0 atom stereocenters. The summed E-state index contributed by atoms with van der Waals surface area (Å²) in [5, 5.41) is 7.21. The number of anilines is 6. The van der Waals surface area contributed by atoms with Crippen molar-refractivity contribution in [3.8, 4) is 0 Å². The fraction of sp³-hybridized carbons (Fsp3) is 0. The highest BCUT2D eigenvalue weighted by Gasteiger charge is 2.25. The van der Waals surface area contributed by atoms with Crippen molar-refractivity contribution in [3.05, 3.63) is 182 Å². The van der Waals surface area contributed by atoms with Crippen LogP contribution in [-0.4, -0.2) is 0 Å². The molecule has 8 aromatic carbocycles. The summed E-state index contributed by atoms with van der Waals surface area (Å²) in [5.74, 6) is 0. The van der Waals surface area contributed by atoms with E-state index in [1.165, 1.54) is 43.7 Å². The number of benzene rings is 8. The van der Waals surface area contributed by atoms with Crippen LogP contribution in [0.1, 0.15) is 0 Å². The summed E-state index contributed by atoms with van der Waals surface area (Å²) in [6, 6.07) is 65.1. The minimum Gasteiger partial charge on any atom is -0.309 e. The molecule has 0 N–H and O–H groups in total. The van der Waals surface area contributed by atoms with Crippen LogP contribution in [0.5, 0.6) is 0 Å². The van der Waals surface area contributed by atoms with E-state index in [-0.39, 0.29) is 0 Å². The normalized spacial score (nSPS) is 11.2. The smallest absolute Gasteiger partial charge is 0.0620 e. The van der Waals surface area contributed by atoms with Gasteiger partial charge in [0.15, 0.2) is 0 Å². The van der Waals surface area contributed by atoms with Crippen LogP contribution in [-0.2, 0) is 0 Å². The molecule has 0 fully saturated rings. The Morgan fingerprint density at radius 2 is 0.523 bits per heavy atom. The minimum atomic E-state index is 1.12. The maximum absolute atomic E-state index is 2.42. The van der Waals surface area contributed by atoms with E-state index in [1.807, 2.05) is 0 Å². The van der Waals surface area contributed by atoms with E-state index in [2.05, 4.69) is 192 Å². The maximum atomic E-state index is 2.42. The fourth-order valence-corrected chi connectivity index (χ4v) is 6.42. The van der Waals surface area contributed by atoms with Crippen LogP contribution in [0.3, 0.4) is 0 Å². The third kappa shape index (κ3) is 4.45. The Morgan fingerprint density at radius 1 is 0.250 bits per heavy atom. The lowest BCUT2D eigenvalue weighted by Gasteiger charge is -2.33. The lowest BCUT2D eigenvalue weighted by molar-refractivity contribution is 1.29. The second-order valence-electron chi connectivity index (χ2n) is 11.0. The standard InChI is InChI=1S/C42H30N2/c1-5-19-33(20-6-1)43(34-21-7-2-8-22-34)41-37-27-15-16-28-38(37)42(40-30-32-18-14-13-17-31(32)29-39(40)41)44(35-23-9-3-10-24-35)36-25-11-4-12-26-36/h1-30H. The molecule has 0 saturated carbocycles. The van der Waals surface area contributed by atoms with Gasteiger partial charge in [-0.3, -0.25) is 0 Å². The zero-order valence-corrected chi connectivity index (χ0v) is 24.2. The summed E-state index contributed by atoms with van der Waals surface area (Å²) in [4.78, 5) is 4.83. The molecule has 0 saturated heterocycles. The topological polar surface area (TPSA) is 6.48 Å². The molecule has 0 amide bonds. The molecule has 0 aliphatic rings. The number of nitrogens with zero attached hydrogens (tertiary/aromatic N) is 2. The van der Waals surface area contributed by atoms with Gasteiger partial charge in [0.05, 0.1) is 11.4 Å². The molecule has 44 heavy (non-hydrogen) atoms. The second-order valence-corrected chi connectivity index (χ2v) is 11.0. The van der Waals surface area contributed by atoms with Crippen molar-refractivity contribution in [1.82, 2.24) is 0 Å². The average Bonchev–Trinajstić information content (AvgIpc) is 3.10. The number of fused-ring (bicyclic) bond motifs is 3. The van der Waals surface area contributed by atoms with Gasteiger partial charge in [0.2, 0.25) is 0 Å². The van der Waals surface area contributed by atoms with Crippen LogP contribution in [0.15, 0.2) is 182 Å². The van der Waals surface area contributed by atoms with Gasteiger partial charge in [-0.25, -0.2) is 0 Å². The third-order valence-corrected chi connectivity index (χ3v) is 8.34. The first-order valence-electron chi connectivity index (χ1n) is 15.0. The van der Waals surface area contributed by atoms with Crippen molar-refractivity contribution in [2.75, 3.05) is 9.80 Å². The van der Waals surface area contributed by atoms with E-state index >= 15 is 0 Å². The Balaban J connectivity index is 1.57. The SMILES string of the molecule is c1ccc(N(c2ccccc2)c2c3ccccc3c(N(c3ccccc3)c3ccccc3)c3cc4ccccc4cc23)cc1. The third-order valence-electron chi connectivity index (χ3n) is 8.34. The lowest BCUT2D eigenvalue weighted by atomic mass is 9.93. The quantitative estimate of drug-likeness (QED) is 0.147. The summed E-state index contributed by atoms with van der Waals surface area (Å²) in [7, 11) is 0. The highest BCUT2D eigenvalue weighted by molar-refractivity contribution is 6.25. The van der Waals surface area contributed by atoms with Gasteiger partial charge in [0.1, 0.15) is 0 Å². The van der Waals surface area contributed by atoms with Crippen molar-refractivity contribution in [2.24, 2.45) is 0 Å². The van der Waals surface area contributed by atoms with Crippen LogP contribution in [0.2, 0.25) is 0 Å². The first-order chi connectivity index (χ1) is 21.9. The molecule has 2 heteroatoms. The Bertz CT molecular complexity index is 1970. The molecule has 2 nitrogen and oxygen atoms in total. The van der Waals surface area contributed by atoms with Crippen molar-refractivity contribution >= 4 is 66.4 Å². The molecule has 8 aromatic rings. The largest absolute Gasteiger partial charge is 0.309 e. The molecule has 208 valence electrons. The monoisotopic (exact) mass is 562 g/mol. The highest BCUT2D eigenvalue weighted by atomic mass is 15.2.